The molecule has 0 bridgehead atoms. The monoisotopic (exact) mass is 883 g/mol. The van der Waals surface area contributed by atoms with E-state index >= 15 is 0 Å². The van der Waals surface area contributed by atoms with Gasteiger partial charge in [-0.1, -0.05) is 97.1 Å². The van der Waals surface area contributed by atoms with E-state index in [-0.39, 0.29) is 113 Å². The van der Waals surface area contributed by atoms with Gasteiger partial charge in [-0.15, -0.1) is 0 Å². The summed E-state index contributed by atoms with van der Waals surface area (Å²) in [7, 11) is 0. The zero-order chi connectivity index (χ0) is 31.8. The Kier molecular flexibility index (Phi) is 21.3. The van der Waals surface area contributed by atoms with Crippen LogP contribution in [0.15, 0.2) is 97.1 Å². The van der Waals surface area contributed by atoms with Crippen molar-refractivity contribution in [3.63, 3.8) is 0 Å². The molecule has 0 saturated carbocycles. The second-order valence-corrected chi connectivity index (χ2v) is 12.1. The van der Waals surface area contributed by atoms with Crippen molar-refractivity contribution in [2.45, 2.75) is 82.6 Å². The van der Waals surface area contributed by atoms with Gasteiger partial charge in [0.15, 0.2) is 5.78 Å². The van der Waals surface area contributed by atoms with E-state index in [4.69, 9.17) is 5.11 Å². The van der Waals surface area contributed by atoms with Crippen molar-refractivity contribution in [2.24, 2.45) is 0 Å². The molecule has 6 nitrogen and oxygen atoms in total. The summed E-state index contributed by atoms with van der Waals surface area (Å²) in [5, 5.41) is 25.2. The van der Waals surface area contributed by atoms with Gasteiger partial charge in [0.05, 0.1) is 6.10 Å². The van der Waals surface area contributed by atoms with E-state index in [0.717, 1.165) is 43.2 Å². The zero-order valence-corrected chi connectivity index (χ0v) is 36.0. The van der Waals surface area contributed by atoms with Gasteiger partial charge in [0, 0.05) is 95.2 Å². The Morgan fingerprint density at radius 2 is 1.04 bits per heavy atom. The van der Waals surface area contributed by atoms with Crippen molar-refractivity contribution in [1.82, 2.24) is 10.6 Å². The normalized spacial score (nSPS) is 19.1. The minimum atomic E-state index is -0.313. The van der Waals surface area contributed by atoms with Gasteiger partial charge >= 0.3 is 29.6 Å². The van der Waals surface area contributed by atoms with E-state index in [1.807, 2.05) is 30.3 Å². The molecule has 4 radical (unpaired) electrons. The summed E-state index contributed by atoms with van der Waals surface area (Å²) in [6, 6.07) is 35.0. The van der Waals surface area contributed by atoms with Crippen molar-refractivity contribution in [3.8, 4) is 0 Å². The molecule has 3 atom stereocenters. The quantitative estimate of drug-likeness (QED) is 0.186. The van der Waals surface area contributed by atoms with Crippen molar-refractivity contribution < 1.29 is 95.5 Å². The van der Waals surface area contributed by atoms with Gasteiger partial charge in [-0.3, -0.25) is 4.79 Å². The standard InChI is InChI=1S/C18H19NO.C18H17NO.C2H6O.C2H5.Ac.B.Na.H2O.H/c2*20-18-11-17(15-7-3-4-8-16(15)18)19-14-9-12-5-1-2-6-13(12)10-14;1-2-3;1-2;;;;;/h1-8,14,17-20H,9-11H2;1-8,14,17,19H,9-11H2;3H,2H2,1H3;1H2,2H3;;;;1H2;/q;;;-1;;;+1;;-1. The van der Waals surface area contributed by atoms with Gasteiger partial charge in [0.2, 0.25) is 0 Å². The number of fused-ring (bicyclic) bond motifs is 4. The first-order chi connectivity index (χ1) is 22.0. The summed E-state index contributed by atoms with van der Waals surface area (Å²) in [5.41, 5.74) is 10.3. The first-order valence-corrected chi connectivity index (χ1v) is 16.4. The molecule has 0 fully saturated rings. The third kappa shape index (κ3) is 11.4. The van der Waals surface area contributed by atoms with Crippen molar-refractivity contribution in [2.75, 3.05) is 6.61 Å². The number of aliphatic hydroxyl groups is 2. The van der Waals surface area contributed by atoms with Crippen molar-refractivity contribution in [1.29, 1.82) is 0 Å². The molecular formula is C40H50AcBN2NaO4-. The second-order valence-electron chi connectivity index (χ2n) is 12.1. The van der Waals surface area contributed by atoms with E-state index in [9.17, 15) is 9.90 Å². The molecule has 9 heteroatoms. The second kappa shape index (κ2) is 22.7. The molecule has 8 rings (SSSR count). The summed E-state index contributed by atoms with van der Waals surface area (Å²) in [6.07, 6.45) is 5.44. The molecule has 4 aliphatic rings. The first-order valence-electron chi connectivity index (χ1n) is 16.4. The van der Waals surface area contributed by atoms with Crippen LogP contribution in [0.1, 0.15) is 95.6 Å². The smallest absolute Gasteiger partial charge is 1.00 e. The molecule has 6 N–H and O–H groups in total. The summed E-state index contributed by atoms with van der Waals surface area (Å²) < 4.78 is 0. The summed E-state index contributed by atoms with van der Waals surface area (Å²) >= 11 is 0. The molecule has 0 amide bonds. The minimum Gasteiger partial charge on any atom is -1.00 e. The maximum absolute atomic E-state index is 12.0. The fourth-order valence-corrected chi connectivity index (χ4v) is 7.30. The van der Waals surface area contributed by atoms with Gasteiger partial charge in [0.25, 0.3) is 0 Å². The number of hydrogen-bond donors (Lipinski definition) is 4. The van der Waals surface area contributed by atoms with Crippen LogP contribution in [-0.4, -0.2) is 48.6 Å². The van der Waals surface area contributed by atoms with Crippen LogP contribution in [0.3, 0.4) is 0 Å². The van der Waals surface area contributed by atoms with Crippen LogP contribution >= 0.6 is 0 Å². The van der Waals surface area contributed by atoms with Crippen LogP contribution < -0.4 is 40.2 Å². The van der Waals surface area contributed by atoms with E-state index in [1.165, 1.54) is 33.4 Å². The predicted octanol–water partition coefficient (Wildman–Crippen LogP) is 2.74. The van der Waals surface area contributed by atoms with Crippen LogP contribution in [0.25, 0.3) is 0 Å². The largest absolute Gasteiger partial charge is 1.00 e. The first kappa shape index (κ1) is 45.9. The molecule has 0 saturated heterocycles. The van der Waals surface area contributed by atoms with E-state index in [2.05, 4.69) is 84.3 Å². The van der Waals surface area contributed by atoms with E-state index in [0.29, 0.717) is 24.5 Å². The molecule has 4 aromatic rings. The van der Waals surface area contributed by atoms with Crippen LogP contribution in [0.4, 0.5) is 0 Å². The number of nitrogens with one attached hydrogen (secondary N) is 2. The van der Waals surface area contributed by atoms with E-state index in [1.54, 1.807) is 13.8 Å². The van der Waals surface area contributed by atoms with Crippen LogP contribution in [0.2, 0.25) is 0 Å². The summed E-state index contributed by atoms with van der Waals surface area (Å²) in [5.74, 6) is 0.272. The number of ketones is 1. The number of benzene rings is 4. The molecule has 49 heavy (non-hydrogen) atoms. The van der Waals surface area contributed by atoms with Crippen molar-refractivity contribution in [3.05, 3.63) is 148 Å². The molecule has 3 unspecified atom stereocenters. The maximum Gasteiger partial charge on any atom is 1.00 e. The topological polar surface area (TPSA) is 113 Å². The minimum absolute atomic E-state index is 0. The zero-order valence-electron chi connectivity index (χ0n) is 30.2. The Hall–Kier alpha value is -1.14. The van der Waals surface area contributed by atoms with Gasteiger partial charge < -0.3 is 34.7 Å². The number of carbonyl (C=O) groups excluding carboxylic acids is 1. The van der Waals surface area contributed by atoms with Gasteiger partial charge in [-0.05, 0) is 78.0 Å². The Balaban J connectivity index is 0.000000782. The Morgan fingerprint density at radius 1 is 0.673 bits per heavy atom. The maximum atomic E-state index is 12.0. The average Bonchev–Trinajstić information content (AvgIpc) is 3.83. The van der Waals surface area contributed by atoms with Crippen LogP contribution in [0, 0.1) is 51.0 Å². The molecule has 4 aliphatic carbocycles. The summed E-state index contributed by atoms with van der Waals surface area (Å²) in [4.78, 5) is 12.0. The molecule has 0 heterocycles. The molecule has 0 spiro atoms. The van der Waals surface area contributed by atoms with Crippen LogP contribution in [-0.2, 0) is 25.7 Å². The van der Waals surface area contributed by atoms with Crippen LogP contribution in [0.5, 0.6) is 0 Å². The third-order valence-corrected chi connectivity index (χ3v) is 9.19. The Labute approximate surface area is 354 Å². The fourth-order valence-electron chi connectivity index (χ4n) is 7.30. The SMILES string of the molecule is CCO.O.O=C1CC(NC2Cc3ccccc3C2)c2ccccc21.OC1CC(NC2Cc3ccccc3C2)c2ccccc21.[Ac].[B].[CH2-]C.[H-].[Na+]. The number of hydrogen-bond acceptors (Lipinski definition) is 5. The average molecular weight is 884 g/mol. The van der Waals surface area contributed by atoms with Gasteiger partial charge in [-0.25, -0.2) is 0 Å². The van der Waals surface area contributed by atoms with Crippen molar-refractivity contribution >= 4 is 14.2 Å². The number of rotatable bonds is 4. The molecule has 0 aromatic heterocycles. The number of Topliss-reactive ketones (excluding diaryl/α,β-unsaturated/α-hetero) is 1. The molecule has 252 valence electrons. The fraction of sp³-hybridized carbons (Fsp3) is 0.350. The van der Waals surface area contributed by atoms with E-state index < -0.39 is 0 Å². The number of carbonyl (C=O) groups is 1. The third-order valence-electron chi connectivity index (χ3n) is 9.19. The van der Waals surface area contributed by atoms with Gasteiger partial charge in [0.1, 0.15) is 0 Å². The predicted molar refractivity (Wildman–Crippen MR) is 193 cm³/mol. The Bertz CT molecular complexity index is 1550. The number of aliphatic hydroxyl groups excluding tert-OH is 2. The van der Waals surface area contributed by atoms with Gasteiger partial charge in [-0.2, -0.15) is 6.92 Å². The Morgan fingerprint density at radius 3 is 1.51 bits per heavy atom. The summed E-state index contributed by atoms with van der Waals surface area (Å²) in [6.45, 7) is 6.93. The molecular weight excluding hydrogens is 833 g/mol. The molecule has 4 aromatic carbocycles. The molecule has 0 aliphatic heterocycles.